The first-order chi connectivity index (χ1) is 9.47. The van der Waals surface area contributed by atoms with Crippen molar-refractivity contribution < 1.29 is 17.9 Å². The largest absolute Gasteiger partial charge is 0.474 e. The van der Waals surface area contributed by atoms with E-state index in [0.29, 0.717) is 5.41 Å². The van der Waals surface area contributed by atoms with Crippen LogP contribution in [0.4, 0.5) is 13.2 Å². The van der Waals surface area contributed by atoms with Gasteiger partial charge in [-0.3, -0.25) is 0 Å². The summed E-state index contributed by atoms with van der Waals surface area (Å²) in [6.07, 6.45) is 0.863. The number of ether oxygens (including phenoxy) is 1. The fourth-order valence-electron chi connectivity index (χ4n) is 3.14. The van der Waals surface area contributed by atoms with E-state index in [9.17, 15) is 13.2 Å². The molecule has 0 radical (unpaired) electrons. The van der Waals surface area contributed by atoms with Crippen molar-refractivity contribution in [1.82, 2.24) is 10.3 Å². The first-order valence-electron chi connectivity index (χ1n) is 6.88. The highest BCUT2D eigenvalue weighted by Crippen LogP contribution is 2.49. The maximum atomic E-state index is 12.4. The SMILES string of the molecule is Cl.FC(F)(F)c1ccc(OC2CC3(CCNCC3)C2)nc1. The molecule has 1 aliphatic heterocycles. The molecule has 0 amide bonds. The Morgan fingerprint density at radius 1 is 1.19 bits per heavy atom. The third kappa shape index (κ3) is 3.61. The number of halogens is 4. The van der Waals surface area contributed by atoms with E-state index < -0.39 is 11.7 Å². The number of rotatable bonds is 2. The van der Waals surface area contributed by atoms with Crippen LogP contribution in [-0.4, -0.2) is 24.2 Å². The second-order valence-electron chi connectivity index (χ2n) is 5.78. The normalized spacial score (nSPS) is 21.5. The molecule has 1 saturated heterocycles. The van der Waals surface area contributed by atoms with Gasteiger partial charge in [0.25, 0.3) is 0 Å². The van der Waals surface area contributed by atoms with Crippen molar-refractivity contribution in [3.63, 3.8) is 0 Å². The van der Waals surface area contributed by atoms with Crippen molar-refractivity contribution >= 4 is 12.4 Å². The molecule has 118 valence electrons. The van der Waals surface area contributed by atoms with Gasteiger partial charge in [0.05, 0.1) is 5.56 Å². The molecule has 0 unspecified atom stereocenters. The Kier molecular flexibility index (Phi) is 4.68. The van der Waals surface area contributed by atoms with Crippen molar-refractivity contribution in [2.45, 2.75) is 38.0 Å². The summed E-state index contributed by atoms with van der Waals surface area (Å²) < 4.78 is 42.9. The average molecular weight is 323 g/mol. The smallest absolute Gasteiger partial charge is 0.417 e. The van der Waals surface area contributed by atoms with Gasteiger partial charge in [0, 0.05) is 12.3 Å². The van der Waals surface area contributed by atoms with Crippen LogP contribution in [0.2, 0.25) is 0 Å². The number of nitrogens with zero attached hydrogens (tertiary/aromatic N) is 1. The second kappa shape index (κ2) is 6.01. The first kappa shape index (κ1) is 16.4. The molecule has 2 fully saturated rings. The van der Waals surface area contributed by atoms with E-state index in [0.717, 1.165) is 51.0 Å². The Balaban J connectivity index is 0.00000161. The Morgan fingerprint density at radius 3 is 2.38 bits per heavy atom. The summed E-state index contributed by atoms with van der Waals surface area (Å²) in [5.41, 5.74) is -0.352. The van der Waals surface area contributed by atoms with E-state index in [1.165, 1.54) is 6.07 Å². The minimum atomic E-state index is -4.35. The molecular formula is C14H18ClF3N2O. The second-order valence-corrected chi connectivity index (χ2v) is 5.78. The summed E-state index contributed by atoms with van der Waals surface area (Å²) in [5, 5.41) is 3.33. The molecule has 7 heteroatoms. The van der Waals surface area contributed by atoms with E-state index in [4.69, 9.17) is 4.74 Å². The van der Waals surface area contributed by atoms with Crippen LogP contribution < -0.4 is 10.1 Å². The summed E-state index contributed by atoms with van der Waals surface area (Å²) in [7, 11) is 0. The van der Waals surface area contributed by atoms with Gasteiger partial charge in [-0.1, -0.05) is 0 Å². The molecule has 2 aliphatic rings. The number of hydrogen-bond donors (Lipinski definition) is 1. The van der Waals surface area contributed by atoms with Crippen molar-refractivity contribution in [2.24, 2.45) is 5.41 Å². The molecule has 2 heterocycles. The number of pyridine rings is 1. The Bertz CT molecular complexity index is 464. The molecule has 3 nitrogen and oxygen atoms in total. The van der Waals surface area contributed by atoms with E-state index in [1.54, 1.807) is 0 Å². The highest BCUT2D eigenvalue weighted by atomic mass is 35.5. The molecule has 1 aliphatic carbocycles. The first-order valence-corrected chi connectivity index (χ1v) is 6.88. The zero-order valence-corrected chi connectivity index (χ0v) is 12.3. The molecule has 0 atom stereocenters. The van der Waals surface area contributed by atoms with Crippen molar-refractivity contribution in [2.75, 3.05) is 13.1 Å². The van der Waals surface area contributed by atoms with E-state index in [-0.39, 0.29) is 24.4 Å². The Morgan fingerprint density at radius 2 is 1.86 bits per heavy atom. The summed E-state index contributed by atoms with van der Waals surface area (Å²) in [6.45, 7) is 2.09. The van der Waals surface area contributed by atoms with Gasteiger partial charge in [0.15, 0.2) is 0 Å². The standard InChI is InChI=1S/C14H17F3N2O.ClH/c15-14(16,17)10-1-2-12(19-9-10)20-11-7-13(8-11)3-5-18-6-4-13;/h1-2,9,11,18H,3-8H2;1H. The van der Waals surface area contributed by atoms with Crippen LogP contribution in [0.5, 0.6) is 5.88 Å². The van der Waals surface area contributed by atoms with Crippen molar-refractivity contribution in [3.8, 4) is 5.88 Å². The van der Waals surface area contributed by atoms with Crippen LogP contribution in [0.3, 0.4) is 0 Å². The highest BCUT2D eigenvalue weighted by Gasteiger charge is 2.46. The van der Waals surface area contributed by atoms with Gasteiger partial charge in [-0.2, -0.15) is 13.2 Å². The number of nitrogens with one attached hydrogen (secondary N) is 1. The van der Waals surface area contributed by atoms with E-state index >= 15 is 0 Å². The Labute approximate surface area is 127 Å². The summed E-state index contributed by atoms with van der Waals surface area (Å²) >= 11 is 0. The summed E-state index contributed by atoms with van der Waals surface area (Å²) in [6, 6.07) is 2.32. The van der Waals surface area contributed by atoms with Gasteiger partial charge < -0.3 is 10.1 Å². The van der Waals surface area contributed by atoms with Gasteiger partial charge >= 0.3 is 6.18 Å². The van der Waals surface area contributed by atoms with Crippen LogP contribution in [0.1, 0.15) is 31.2 Å². The maximum Gasteiger partial charge on any atom is 0.417 e. The van der Waals surface area contributed by atoms with Crippen molar-refractivity contribution in [1.29, 1.82) is 0 Å². The zero-order valence-electron chi connectivity index (χ0n) is 11.4. The monoisotopic (exact) mass is 322 g/mol. The predicted molar refractivity (Wildman–Crippen MR) is 74.7 cm³/mol. The third-order valence-corrected chi connectivity index (χ3v) is 4.34. The summed E-state index contributed by atoms with van der Waals surface area (Å²) in [4.78, 5) is 3.75. The molecule has 0 bridgehead atoms. The number of alkyl halides is 3. The van der Waals surface area contributed by atoms with Gasteiger partial charge in [-0.05, 0) is 50.3 Å². The van der Waals surface area contributed by atoms with Gasteiger partial charge in [0.2, 0.25) is 5.88 Å². The van der Waals surface area contributed by atoms with Crippen LogP contribution in [0.25, 0.3) is 0 Å². The highest BCUT2D eigenvalue weighted by molar-refractivity contribution is 5.85. The third-order valence-electron chi connectivity index (χ3n) is 4.34. The molecular weight excluding hydrogens is 305 g/mol. The lowest BCUT2D eigenvalue weighted by molar-refractivity contribution is -0.137. The predicted octanol–water partition coefficient (Wildman–Crippen LogP) is 3.43. The van der Waals surface area contributed by atoms with Crippen LogP contribution in [-0.2, 0) is 6.18 Å². The number of piperidine rings is 1. The molecule has 1 saturated carbocycles. The lowest BCUT2D eigenvalue weighted by Crippen LogP contribution is -2.49. The lowest BCUT2D eigenvalue weighted by atomic mass is 9.62. The molecule has 1 aromatic rings. The topological polar surface area (TPSA) is 34.1 Å². The molecule has 0 aromatic carbocycles. The van der Waals surface area contributed by atoms with Crippen molar-refractivity contribution in [3.05, 3.63) is 23.9 Å². The van der Waals surface area contributed by atoms with Crippen LogP contribution in [0.15, 0.2) is 18.3 Å². The molecule has 1 N–H and O–H groups in total. The van der Waals surface area contributed by atoms with E-state index in [2.05, 4.69) is 10.3 Å². The number of aromatic nitrogens is 1. The quantitative estimate of drug-likeness (QED) is 0.905. The molecule has 1 spiro atoms. The number of hydrogen-bond acceptors (Lipinski definition) is 3. The fraction of sp³-hybridized carbons (Fsp3) is 0.643. The minimum Gasteiger partial charge on any atom is -0.474 e. The lowest BCUT2D eigenvalue weighted by Gasteiger charge is -2.49. The Hall–Kier alpha value is -1.01. The van der Waals surface area contributed by atoms with Gasteiger partial charge in [-0.25, -0.2) is 4.98 Å². The van der Waals surface area contributed by atoms with Crippen LogP contribution in [0, 0.1) is 5.41 Å². The van der Waals surface area contributed by atoms with Gasteiger partial charge in [-0.15, -0.1) is 12.4 Å². The molecule has 1 aromatic heterocycles. The zero-order chi connectivity index (χ0) is 14.2. The summed E-state index contributed by atoms with van der Waals surface area (Å²) in [5.74, 6) is 0.284. The molecule has 3 rings (SSSR count). The minimum absolute atomic E-state index is 0. The molecule has 21 heavy (non-hydrogen) atoms. The average Bonchev–Trinajstić information content (AvgIpc) is 2.38. The van der Waals surface area contributed by atoms with E-state index in [1.807, 2.05) is 0 Å². The maximum absolute atomic E-state index is 12.4. The fourth-order valence-corrected chi connectivity index (χ4v) is 3.14. The van der Waals surface area contributed by atoms with Crippen LogP contribution >= 0.6 is 12.4 Å². The van der Waals surface area contributed by atoms with Gasteiger partial charge in [0.1, 0.15) is 6.10 Å².